The molecule has 2 aliphatic heterocycles. The van der Waals surface area contributed by atoms with Gasteiger partial charge in [-0.1, -0.05) is 29.8 Å². The molecule has 114 valence electrons. The fourth-order valence-corrected chi connectivity index (χ4v) is 3.89. The summed E-state index contributed by atoms with van der Waals surface area (Å²) in [4.78, 5) is 18.7. The number of anilines is 2. The number of para-hydroxylation sites is 1. The minimum absolute atomic E-state index is 0.113. The van der Waals surface area contributed by atoms with Crippen LogP contribution in [0.15, 0.2) is 42.7 Å². The number of halogens is 1. The molecule has 3 heterocycles. The normalized spacial score (nSPS) is 25.3. The highest BCUT2D eigenvalue weighted by Gasteiger charge is 2.58. The molecule has 2 aliphatic rings. The summed E-state index contributed by atoms with van der Waals surface area (Å²) < 4.78 is 0. The zero-order chi connectivity index (χ0) is 16.0. The summed E-state index contributed by atoms with van der Waals surface area (Å²) in [7, 11) is 0. The van der Waals surface area contributed by atoms with E-state index in [1.54, 1.807) is 12.4 Å². The van der Waals surface area contributed by atoms with Crippen LogP contribution in [0.5, 0.6) is 0 Å². The van der Waals surface area contributed by atoms with E-state index in [9.17, 15) is 10.1 Å². The highest BCUT2D eigenvalue weighted by Crippen LogP contribution is 2.48. The Balaban J connectivity index is 1.83. The molecule has 6 heteroatoms. The van der Waals surface area contributed by atoms with Crippen molar-refractivity contribution in [1.82, 2.24) is 4.98 Å². The van der Waals surface area contributed by atoms with Gasteiger partial charge in [-0.25, -0.2) is 0 Å². The number of pyridine rings is 1. The molecule has 0 aliphatic carbocycles. The molecule has 0 unspecified atom stereocenters. The van der Waals surface area contributed by atoms with Crippen molar-refractivity contribution in [2.24, 2.45) is 5.92 Å². The Kier molecular flexibility index (Phi) is 3.03. The van der Waals surface area contributed by atoms with Gasteiger partial charge in [0.2, 0.25) is 5.91 Å². The average Bonchev–Trinajstić information content (AvgIpc) is 3.08. The van der Waals surface area contributed by atoms with E-state index in [4.69, 9.17) is 11.6 Å². The maximum absolute atomic E-state index is 12.8. The first-order valence-electron chi connectivity index (χ1n) is 7.32. The number of carbonyl (C=O) groups is 1. The van der Waals surface area contributed by atoms with E-state index in [-0.39, 0.29) is 5.91 Å². The Labute approximate surface area is 138 Å². The van der Waals surface area contributed by atoms with Crippen LogP contribution in [0, 0.1) is 17.2 Å². The van der Waals surface area contributed by atoms with Crippen molar-refractivity contribution < 1.29 is 4.79 Å². The van der Waals surface area contributed by atoms with Gasteiger partial charge >= 0.3 is 0 Å². The van der Waals surface area contributed by atoms with Gasteiger partial charge in [0, 0.05) is 31.2 Å². The van der Waals surface area contributed by atoms with Gasteiger partial charge < -0.3 is 10.2 Å². The molecule has 1 amide bonds. The highest BCUT2D eigenvalue weighted by molar-refractivity contribution is 6.33. The summed E-state index contributed by atoms with van der Waals surface area (Å²) in [5, 5.41) is 13.1. The van der Waals surface area contributed by atoms with Crippen molar-refractivity contribution in [3.05, 3.63) is 53.3 Å². The quantitative estimate of drug-likeness (QED) is 0.875. The van der Waals surface area contributed by atoms with Crippen molar-refractivity contribution in [1.29, 1.82) is 5.26 Å². The second kappa shape index (κ2) is 4.97. The fraction of sp³-hybridized carbons (Fsp3) is 0.235. The second-order valence-electron chi connectivity index (χ2n) is 5.86. The second-order valence-corrected chi connectivity index (χ2v) is 6.27. The number of nitriles is 1. The van der Waals surface area contributed by atoms with E-state index in [1.165, 1.54) is 0 Å². The molecule has 0 bridgehead atoms. The summed E-state index contributed by atoms with van der Waals surface area (Å²) in [5.74, 6) is -0.548. The number of aromatic nitrogens is 1. The third-order valence-corrected chi connectivity index (χ3v) is 5.04. The zero-order valence-corrected chi connectivity index (χ0v) is 12.9. The van der Waals surface area contributed by atoms with Crippen LogP contribution in [-0.2, 0) is 10.2 Å². The van der Waals surface area contributed by atoms with Crippen LogP contribution in [0.2, 0.25) is 5.02 Å². The number of rotatable bonds is 1. The van der Waals surface area contributed by atoms with Crippen molar-refractivity contribution in [2.75, 3.05) is 23.3 Å². The lowest BCUT2D eigenvalue weighted by Gasteiger charge is -2.25. The van der Waals surface area contributed by atoms with E-state index < -0.39 is 11.3 Å². The lowest BCUT2D eigenvalue weighted by Crippen LogP contribution is -2.41. The first kappa shape index (κ1) is 14.0. The largest absolute Gasteiger partial charge is 0.367 e. The minimum atomic E-state index is -0.849. The van der Waals surface area contributed by atoms with Crippen LogP contribution in [0.4, 0.5) is 11.4 Å². The molecule has 1 aromatic carbocycles. The smallest absolute Gasteiger partial charge is 0.238 e. The molecule has 0 saturated carbocycles. The number of nitrogens with zero attached hydrogens (tertiary/aromatic N) is 3. The van der Waals surface area contributed by atoms with E-state index in [0.29, 0.717) is 18.1 Å². The molecule has 23 heavy (non-hydrogen) atoms. The van der Waals surface area contributed by atoms with Crippen LogP contribution < -0.4 is 10.2 Å². The Morgan fingerprint density at radius 2 is 2.22 bits per heavy atom. The molecule has 2 aromatic rings. The standard InChI is InChI=1S/C17H13ClN4O/c18-13-8-20-6-5-15(13)22-9-11(7-19)17(10-22)12-3-1-2-4-14(12)21-16(17)23/h1-6,8,11H,9-10H2,(H,21,23)/t11-,17+/m1/s1. The molecule has 4 rings (SSSR count). The molecule has 2 atom stereocenters. The molecule has 1 saturated heterocycles. The lowest BCUT2D eigenvalue weighted by atomic mass is 9.74. The van der Waals surface area contributed by atoms with Crippen molar-refractivity contribution in [2.45, 2.75) is 5.41 Å². The highest BCUT2D eigenvalue weighted by atomic mass is 35.5. The zero-order valence-electron chi connectivity index (χ0n) is 12.2. The Bertz CT molecular complexity index is 846. The summed E-state index contributed by atoms with van der Waals surface area (Å²) in [5.41, 5.74) is 1.64. The van der Waals surface area contributed by atoms with Gasteiger partial charge in [-0.3, -0.25) is 9.78 Å². The van der Waals surface area contributed by atoms with Gasteiger partial charge in [0.25, 0.3) is 0 Å². The van der Waals surface area contributed by atoms with E-state index in [1.807, 2.05) is 35.2 Å². The third-order valence-electron chi connectivity index (χ3n) is 4.75. The first-order valence-corrected chi connectivity index (χ1v) is 7.69. The van der Waals surface area contributed by atoms with Crippen LogP contribution in [0.25, 0.3) is 0 Å². The molecular formula is C17H13ClN4O. The van der Waals surface area contributed by atoms with Crippen molar-refractivity contribution in [3.8, 4) is 6.07 Å². The molecule has 5 nitrogen and oxygen atoms in total. The van der Waals surface area contributed by atoms with Gasteiger partial charge in [0.05, 0.1) is 22.7 Å². The van der Waals surface area contributed by atoms with E-state index in [2.05, 4.69) is 16.4 Å². The number of nitrogens with one attached hydrogen (secondary N) is 1. The fourth-order valence-electron chi connectivity index (χ4n) is 3.65. The predicted molar refractivity (Wildman–Crippen MR) is 87.3 cm³/mol. The number of hydrogen-bond donors (Lipinski definition) is 1. The molecule has 1 aromatic heterocycles. The minimum Gasteiger partial charge on any atom is -0.367 e. The SMILES string of the molecule is N#C[C@@H]1CN(c2ccncc2Cl)C[C@]12C(=O)Nc1ccccc12. The number of fused-ring (bicyclic) bond motifs is 2. The van der Waals surface area contributed by atoms with Gasteiger partial charge in [-0.2, -0.15) is 5.26 Å². The van der Waals surface area contributed by atoms with E-state index >= 15 is 0 Å². The average molecular weight is 325 g/mol. The van der Waals surface area contributed by atoms with Crippen LogP contribution in [0.3, 0.4) is 0 Å². The first-order chi connectivity index (χ1) is 11.2. The lowest BCUT2D eigenvalue weighted by molar-refractivity contribution is -0.120. The Morgan fingerprint density at radius 1 is 1.39 bits per heavy atom. The number of hydrogen-bond acceptors (Lipinski definition) is 4. The van der Waals surface area contributed by atoms with Gasteiger partial charge in [-0.15, -0.1) is 0 Å². The number of carbonyl (C=O) groups excluding carboxylic acids is 1. The topological polar surface area (TPSA) is 69.0 Å². The number of benzene rings is 1. The summed E-state index contributed by atoms with van der Waals surface area (Å²) in [6.07, 6.45) is 3.24. The molecule has 1 N–H and O–H groups in total. The summed E-state index contributed by atoms with van der Waals surface area (Å²) in [6.45, 7) is 0.889. The monoisotopic (exact) mass is 324 g/mol. The maximum Gasteiger partial charge on any atom is 0.238 e. The van der Waals surface area contributed by atoms with Crippen molar-refractivity contribution >= 4 is 28.9 Å². The van der Waals surface area contributed by atoms with Crippen LogP contribution in [0.1, 0.15) is 5.56 Å². The molecular weight excluding hydrogens is 312 g/mol. The Hall–Kier alpha value is -2.58. The van der Waals surface area contributed by atoms with E-state index in [0.717, 1.165) is 16.9 Å². The number of amides is 1. The van der Waals surface area contributed by atoms with Crippen molar-refractivity contribution in [3.63, 3.8) is 0 Å². The van der Waals surface area contributed by atoms with Crippen LogP contribution in [-0.4, -0.2) is 24.0 Å². The molecule has 0 radical (unpaired) electrons. The maximum atomic E-state index is 12.8. The van der Waals surface area contributed by atoms with Crippen LogP contribution >= 0.6 is 11.6 Å². The Morgan fingerprint density at radius 3 is 3.00 bits per heavy atom. The van der Waals surface area contributed by atoms with Gasteiger partial charge in [0.15, 0.2) is 0 Å². The third kappa shape index (κ3) is 1.85. The summed E-state index contributed by atoms with van der Waals surface area (Å²) >= 11 is 6.24. The van der Waals surface area contributed by atoms with Gasteiger partial charge in [-0.05, 0) is 17.7 Å². The molecule has 1 fully saturated rings. The van der Waals surface area contributed by atoms with Gasteiger partial charge in [0.1, 0.15) is 5.41 Å². The molecule has 1 spiro atoms. The summed E-state index contributed by atoms with van der Waals surface area (Å²) in [6, 6.07) is 11.7. The predicted octanol–water partition coefficient (Wildman–Crippen LogP) is 2.58.